The van der Waals surface area contributed by atoms with Gasteiger partial charge in [-0.05, 0) is 30.7 Å². The minimum absolute atomic E-state index is 0.350. The maximum Gasteiger partial charge on any atom is 0.0594 e. The van der Waals surface area contributed by atoms with Crippen LogP contribution in [0.15, 0.2) is 54.7 Å². The van der Waals surface area contributed by atoms with E-state index in [1.807, 2.05) is 12.3 Å². The van der Waals surface area contributed by atoms with E-state index in [-0.39, 0.29) is 0 Å². The highest BCUT2D eigenvalue weighted by Gasteiger charge is 2.15. The van der Waals surface area contributed by atoms with E-state index in [1.54, 1.807) is 0 Å². The van der Waals surface area contributed by atoms with Gasteiger partial charge in [-0.2, -0.15) is 0 Å². The van der Waals surface area contributed by atoms with Crippen LogP contribution in [0.4, 0.5) is 0 Å². The van der Waals surface area contributed by atoms with Gasteiger partial charge in [0.05, 0.1) is 13.2 Å². The zero-order chi connectivity index (χ0) is 16.5. The molecule has 3 rings (SSSR count). The average molecular weight is 325 g/mol. The van der Waals surface area contributed by atoms with Gasteiger partial charge in [0.1, 0.15) is 0 Å². The van der Waals surface area contributed by atoms with Crippen molar-refractivity contribution in [1.82, 2.24) is 15.2 Å². The highest BCUT2D eigenvalue weighted by Crippen LogP contribution is 2.25. The number of nitrogens with one attached hydrogen (secondary N) is 1. The molecule has 1 aromatic heterocycles. The van der Waals surface area contributed by atoms with Gasteiger partial charge in [-0.1, -0.05) is 36.4 Å². The number of rotatable bonds is 8. The van der Waals surface area contributed by atoms with Crippen molar-refractivity contribution in [2.24, 2.45) is 0 Å². The van der Waals surface area contributed by atoms with E-state index in [1.165, 1.54) is 5.56 Å². The van der Waals surface area contributed by atoms with E-state index < -0.39 is 0 Å². The van der Waals surface area contributed by atoms with E-state index in [4.69, 9.17) is 4.74 Å². The maximum atomic E-state index is 5.39. The van der Waals surface area contributed by atoms with Crippen molar-refractivity contribution in [1.29, 1.82) is 0 Å². The minimum atomic E-state index is 0.350. The smallest absolute Gasteiger partial charge is 0.0594 e. The number of nitrogens with zero attached hydrogens (tertiary/aromatic N) is 2. The number of hydrogen-bond donors (Lipinski definition) is 1. The summed E-state index contributed by atoms with van der Waals surface area (Å²) in [6.45, 7) is 6.99. The Balaban J connectivity index is 1.49. The molecule has 1 fully saturated rings. The lowest BCUT2D eigenvalue weighted by molar-refractivity contribution is 0.0384. The second-order valence-electron chi connectivity index (χ2n) is 6.21. The van der Waals surface area contributed by atoms with Crippen molar-refractivity contribution >= 4 is 0 Å². The molecule has 0 radical (unpaired) electrons. The van der Waals surface area contributed by atoms with E-state index in [0.717, 1.165) is 58.1 Å². The Morgan fingerprint density at radius 1 is 1.00 bits per heavy atom. The third kappa shape index (κ3) is 5.13. The summed E-state index contributed by atoms with van der Waals surface area (Å²) in [4.78, 5) is 7.04. The van der Waals surface area contributed by atoms with Crippen molar-refractivity contribution in [2.75, 3.05) is 45.9 Å². The van der Waals surface area contributed by atoms with Gasteiger partial charge in [0.15, 0.2) is 0 Å². The molecule has 1 saturated heterocycles. The summed E-state index contributed by atoms with van der Waals surface area (Å²) in [5.41, 5.74) is 2.49. The predicted octanol–water partition coefficient (Wildman–Crippen LogP) is 2.53. The molecule has 24 heavy (non-hydrogen) atoms. The third-order valence-corrected chi connectivity index (χ3v) is 4.57. The molecule has 1 aliphatic rings. The highest BCUT2D eigenvalue weighted by molar-refractivity contribution is 5.28. The van der Waals surface area contributed by atoms with Gasteiger partial charge in [-0.25, -0.2) is 0 Å². The highest BCUT2D eigenvalue weighted by atomic mass is 16.5. The first-order valence-electron chi connectivity index (χ1n) is 8.90. The van der Waals surface area contributed by atoms with Crippen LogP contribution in [-0.4, -0.2) is 55.8 Å². The van der Waals surface area contributed by atoms with Crippen LogP contribution in [0, 0.1) is 0 Å². The van der Waals surface area contributed by atoms with E-state index in [2.05, 4.69) is 57.7 Å². The van der Waals surface area contributed by atoms with E-state index in [9.17, 15) is 0 Å². The van der Waals surface area contributed by atoms with Crippen LogP contribution in [0.25, 0.3) is 0 Å². The first kappa shape index (κ1) is 17.1. The molecule has 2 heterocycles. The summed E-state index contributed by atoms with van der Waals surface area (Å²) in [5.74, 6) is 0.350. The molecule has 128 valence electrons. The second-order valence-corrected chi connectivity index (χ2v) is 6.21. The summed E-state index contributed by atoms with van der Waals surface area (Å²) >= 11 is 0. The van der Waals surface area contributed by atoms with Crippen molar-refractivity contribution in [2.45, 2.75) is 12.3 Å². The largest absolute Gasteiger partial charge is 0.379 e. The number of ether oxygens (including phenoxy) is 1. The van der Waals surface area contributed by atoms with Gasteiger partial charge >= 0.3 is 0 Å². The molecule has 0 saturated carbocycles. The fourth-order valence-electron chi connectivity index (χ4n) is 3.19. The van der Waals surface area contributed by atoms with Gasteiger partial charge in [-0.15, -0.1) is 0 Å². The predicted molar refractivity (Wildman–Crippen MR) is 97.3 cm³/mol. The van der Waals surface area contributed by atoms with Crippen molar-refractivity contribution in [3.8, 4) is 0 Å². The molecule has 4 nitrogen and oxygen atoms in total. The summed E-state index contributed by atoms with van der Waals surface area (Å²) in [7, 11) is 0. The summed E-state index contributed by atoms with van der Waals surface area (Å²) in [6, 6.07) is 16.9. The molecule has 0 aliphatic carbocycles. The average Bonchev–Trinajstić information content (AvgIpc) is 2.67. The van der Waals surface area contributed by atoms with Gasteiger partial charge < -0.3 is 10.1 Å². The van der Waals surface area contributed by atoms with Crippen LogP contribution in [-0.2, 0) is 4.74 Å². The second kappa shape index (κ2) is 9.52. The molecule has 1 aliphatic heterocycles. The summed E-state index contributed by atoms with van der Waals surface area (Å²) in [6.07, 6.45) is 2.95. The number of morpholine rings is 1. The maximum absolute atomic E-state index is 5.39. The molecule has 4 heteroatoms. The quantitative estimate of drug-likeness (QED) is 0.757. The summed E-state index contributed by atoms with van der Waals surface area (Å²) in [5, 5.41) is 3.59. The molecule has 1 atom stereocenters. The molecule has 0 spiro atoms. The minimum Gasteiger partial charge on any atom is -0.379 e. The fourth-order valence-corrected chi connectivity index (χ4v) is 3.19. The van der Waals surface area contributed by atoms with E-state index in [0.29, 0.717) is 5.92 Å². The van der Waals surface area contributed by atoms with Crippen LogP contribution in [0.3, 0.4) is 0 Å². The number of hydrogen-bond acceptors (Lipinski definition) is 4. The Morgan fingerprint density at radius 3 is 2.54 bits per heavy atom. The Morgan fingerprint density at radius 2 is 1.79 bits per heavy atom. The number of aromatic nitrogens is 1. The van der Waals surface area contributed by atoms with Gasteiger partial charge in [0.25, 0.3) is 0 Å². The van der Waals surface area contributed by atoms with Gasteiger partial charge in [0.2, 0.25) is 0 Å². The van der Waals surface area contributed by atoms with Crippen molar-refractivity contribution in [3.05, 3.63) is 66.0 Å². The zero-order valence-electron chi connectivity index (χ0n) is 14.2. The molecule has 1 N–H and O–H groups in total. The Labute approximate surface area is 144 Å². The van der Waals surface area contributed by atoms with Crippen molar-refractivity contribution < 1.29 is 4.74 Å². The first-order valence-corrected chi connectivity index (χ1v) is 8.90. The van der Waals surface area contributed by atoms with Crippen LogP contribution in [0.1, 0.15) is 23.6 Å². The Hall–Kier alpha value is -1.75. The van der Waals surface area contributed by atoms with E-state index >= 15 is 0 Å². The molecule has 0 amide bonds. The molecular formula is C20H27N3O. The molecule has 1 unspecified atom stereocenters. The Kier molecular flexibility index (Phi) is 6.78. The zero-order valence-corrected chi connectivity index (χ0v) is 14.2. The molecular weight excluding hydrogens is 298 g/mol. The van der Waals surface area contributed by atoms with Gasteiger partial charge in [0, 0.05) is 44.0 Å². The number of pyridine rings is 1. The summed E-state index contributed by atoms with van der Waals surface area (Å²) < 4.78 is 5.39. The lowest BCUT2D eigenvalue weighted by Gasteiger charge is -2.26. The molecule has 1 aromatic carbocycles. The molecule has 2 aromatic rings. The number of benzene rings is 1. The Bertz CT molecular complexity index is 530. The standard InChI is InChI=1S/C20H27N3O/c1-2-6-18(7-3-1)19(20-8-4-5-10-22-20)9-11-21-12-13-23-14-16-24-17-15-23/h1-8,10,19,21H,9,11-17H2. The van der Waals surface area contributed by atoms with Crippen LogP contribution in [0.2, 0.25) is 0 Å². The lowest BCUT2D eigenvalue weighted by atomic mass is 9.92. The van der Waals surface area contributed by atoms with Gasteiger partial charge in [-0.3, -0.25) is 9.88 Å². The topological polar surface area (TPSA) is 37.4 Å². The normalized spacial score (nSPS) is 16.8. The van der Waals surface area contributed by atoms with Crippen LogP contribution in [0.5, 0.6) is 0 Å². The van der Waals surface area contributed by atoms with Crippen LogP contribution >= 0.6 is 0 Å². The third-order valence-electron chi connectivity index (χ3n) is 4.57. The fraction of sp³-hybridized carbons (Fsp3) is 0.450. The first-order chi connectivity index (χ1) is 11.9. The lowest BCUT2D eigenvalue weighted by Crippen LogP contribution is -2.40. The SMILES string of the molecule is c1ccc(C(CCNCCN2CCOCC2)c2ccccn2)cc1. The monoisotopic (exact) mass is 325 g/mol. The van der Waals surface area contributed by atoms with Crippen molar-refractivity contribution in [3.63, 3.8) is 0 Å². The van der Waals surface area contributed by atoms with Crippen LogP contribution < -0.4 is 5.32 Å². The molecule has 0 bridgehead atoms.